The lowest BCUT2D eigenvalue weighted by Crippen LogP contribution is -2.31. The highest BCUT2D eigenvalue weighted by atomic mass is 16.5. The van der Waals surface area contributed by atoms with Crippen LogP contribution in [-0.4, -0.2) is 37.1 Å². The number of allylic oxidation sites excluding steroid dienone is 1. The molecule has 3 nitrogen and oxygen atoms in total. The van der Waals surface area contributed by atoms with E-state index in [0.717, 1.165) is 51.1 Å². The molecule has 3 heteroatoms. The zero-order valence-corrected chi connectivity index (χ0v) is 11.0. The second-order valence-corrected chi connectivity index (χ2v) is 5.15. The Bertz CT molecular complexity index is 316. The van der Waals surface area contributed by atoms with Gasteiger partial charge in [-0.15, -0.1) is 0 Å². The lowest BCUT2D eigenvalue weighted by molar-refractivity contribution is -0.126. The number of amides is 1. The molecule has 0 bridgehead atoms. The van der Waals surface area contributed by atoms with E-state index in [2.05, 4.69) is 0 Å². The second-order valence-electron chi connectivity index (χ2n) is 5.15. The number of hydrogen-bond acceptors (Lipinski definition) is 2. The number of hydrogen-bond donors (Lipinski definition) is 0. The minimum atomic E-state index is 0.263. The maximum atomic E-state index is 12.2. The van der Waals surface area contributed by atoms with Crippen molar-refractivity contribution in [3.8, 4) is 0 Å². The quantitative estimate of drug-likeness (QED) is 0.703. The van der Waals surface area contributed by atoms with Gasteiger partial charge in [-0.2, -0.15) is 0 Å². The van der Waals surface area contributed by atoms with Crippen LogP contribution in [0.1, 0.15) is 39.5 Å². The van der Waals surface area contributed by atoms with Crippen LogP contribution in [0, 0.1) is 5.92 Å². The van der Waals surface area contributed by atoms with Crippen molar-refractivity contribution in [1.29, 1.82) is 0 Å². The lowest BCUT2D eigenvalue weighted by atomic mass is 9.88. The van der Waals surface area contributed by atoms with Crippen LogP contribution in [0.5, 0.6) is 0 Å². The first-order valence-corrected chi connectivity index (χ1v) is 6.78. The highest BCUT2D eigenvalue weighted by Crippen LogP contribution is 2.30. The first-order chi connectivity index (χ1) is 8.22. The molecule has 1 atom stereocenters. The second kappa shape index (κ2) is 5.67. The fraction of sp³-hybridized carbons (Fsp3) is 0.786. The highest BCUT2D eigenvalue weighted by Gasteiger charge is 2.28. The number of ether oxygens (including phenoxy) is 1. The SMILES string of the molecule is CCOCC1CCN(C(=O)C(C)=C2CCC2)C1. The Morgan fingerprint density at radius 2 is 2.24 bits per heavy atom. The van der Waals surface area contributed by atoms with E-state index in [1.54, 1.807) is 0 Å². The molecule has 0 aromatic heterocycles. The average Bonchev–Trinajstić information content (AvgIpc) is 2.71. The van der Waals surface area contributed by atoms with Gasteiger partial charge in [0.05, 0.1) is 6.61 Å². The largest absolute Gasteiger partial charge is 0.381 e. The van der Waals surface area contributed by atoms with E-state index in [-0.39, 0.29) is 5.91 Å². The van der Waals surface area contributed by atoms with Crippen LogP contribution < -0.4 is 0 Å². The van der Waals surface area contributed by atoms with Crippen molar-refractivity contribution < 1.29 is 9.53 Å². The molecule has 2 rings (SSSR count). The molecule has 0 aromatic rings. The molecule has 1 aliphatic carbocycles. The van der Waals surface area contributed by atoms with Gasteiger partial charge in [0.15, 0.2) is 0 Å². The molecule has 1 heterocycles. The van der Waals surface area contributed by atoms with E-state index < -0.39 is 0 Å². The Labute approximate surface area is 104 Å². The Hall–Kier alpha value is -0.830. The van der Waals surface area contributed by atoms with Crippen LogP contribution in [0.15, 0.2) is 11.1 Å². The molecule has 1 unspecified atom stereocenters. The van der Waals surface area contributed by atoms with E-state index in [1.165, 1.54) is 12.0 Å². The van der Waals surface area contributed by atoms with Crippen molar-refractivity contribution in [1.82, 2.24) is 4.90 Å². The van der Waals surface area contributed by atoms with Crippen LogP contribution in [0.3, 0.4) is 0 Å². The number of likely N-dealkylation sites (tertiary alicyclic amines) is 1. The summed E-state index contributed by atoms with van der Waals surface area (Å²) in [6.07, 6.45) is 4.61. The Kier molecular flexibility index (Phi) is 4.21. The highest BCUT2D eigenvalue weighted by molar-refractivity contribution is 5.94. The van der Waals surface area contributed by atoms with Crippen LogP contribution in [0.25, 0.3) is 0 Å². The van der Waals surface area contributed by atoms with E-state index in [0.29, 0.717) is 5.92 Å². The molecule has 0 spiro atoms. The molecule has 1 amide bonds. The zero-order valence-electron chi connectivity index (χ0n) is 11.0. The molecular formula is C14H23NO2. The molecular weight excluding hydrogens is 214 g/mol. The molecule has 0 aromatic carbocycles. The minimum Gasteiger partial charge on any atom is -0.381 e. The zero-order chi connectivity index (χ0) is 12.3. The summed E-state index contributed by atoms with van der Waals surface area (Å²) in [5.41, 5.74) is 2.39. The summed E-state index contributed by atoms with van der Waals surface area (Å²) in [7, 11) is 0. The van der Waals surface area contributed by atoms with Gasteiger partial charge < -0.3 is 9.64 Å². The predicted octanol–water partition coefficient (Wildman–Crippen LogP) is 2.37. The van der Waals surface area contributed by atoms with Crippen molar-refractivity contribution in [3.63, 3.8) is 0 Å². The van der Waals surface area contributed by atoms with Crippen molar-refractivity contribution in [3.05, 3.63) is 11.1 Å². The van der Waals surface area contributed by atoms with Crippen LogP contribution in [0.4, 0.5) is 0 Å². The summed E-state index contributed by atoms with van der Waals surface area (Å²) in [5, 5.41) is 0. The summed E-state index contributed by atoms with van der Waals surface area (Å²) >= 11 is 0. The number of carbonyl (C=O) groups is 1. The average molecular weight is 237 g/mol. The van der Waals surface area contributed by atoms with Gasteiger partial charge in [0.25, 0.3) is 0 Å². The Morgan fingerprint density at radius 3 is 2.82 bits per heavy atom. The third kappa shape index (κ3) is 2.89. The van der Waals surface area contributed by atoms with E-state index >= 15 is 0 Å². The van der Waals surface area contributed by atoms with E-state index in [1.807, 2.05) is 18.7 Å². The van der Waals surface area contributed by atoms with Gasteiger partial charge in [0, 0.05) is 31.2 Å². The minimum absolute atomic E-state index is 0.263. The molecule has 2 fully saturated rings. The monoisotopic (exact) mass is 237 g/mol. The van der Waals surface area contributed by atoms with Crippen LogP contribution in [0.2, 0.25) is 0 Å². The number of carbonyl (C=O) groups excluding carboxylic acids is 1. The van der Waals surface area contributed by atoms with Crippen LogP contribution >= 0.6 is 0 Å². The van der Waals surface area contributed by atoms with Crippen molar-refractivity contribution in [2.24, 2.45) is 5.92 Å². The summed E-state index contributed by atoms with van der Waals surface area (Å²) in [4.78, 5) is 14.2. The summed E-state index contributed by atoms with van der Waals surface area (Å²) < 4.78 is 5.44. The first-order valence-electron chi connectivity index (χ1n) is 6.78. The molecule has 1 saturated heterocycles. The third-order valence-electron chi connectivity index (χ3n) is 3.94. The molecule has 96 valence electrons. The number of nitrogens with zero attached hydrogens (tertiary/aromatic N) is 1. The Balaban J connectivity index is 1.85. The molecule has 0 N–H and O–H groups in total. The van der Waals surface area contributed by atoms with E-state index in [9.17, 15) is 4.79 Å². The Morgan fingerprint density at radius 1 is 1.47 bits per heavy atom. The predicted molar refractivity (Wildman–Crippen MR) is 67.7 cm³/mol. The van der Waals surface area contributed by atoms with Gasteiger partial charge in [-0.25, -0.2) is 0 Å². The molecule has 0 radical (unpaired) electrons. The van der Waals surface area contributed by atoms with Gasteiger partial charge in [0.1, 0.15) is 0 Å². The molecule has 17 heavy (non-hydrogen) atoms. The van der Waals surface area contributed by atoms with Gasteiger partial charge in [0.2, 0.25) is 5.91 Å². The van der Waals surface area contributed by atoms with Gasteiger partial charge in [-0.1, -0.05) is 5.57 Å². The van der Waals surface area contributed by atoms with Crippen molar-refractivity contribution >= 4 is 5.91 Å². The van der Waals surface area contributed by atoms with Crippen molar-refractivity contribution in [2.45, 2.75) is 39.5 Å². The first kappa shape index (κ1) is 12.6. The molecule has 2 aliphatic rings. The normalized spacial score (nSPS) is 23.8. The van der Waals surface area contributed by atoms with Crippen LogP contribution in [-0.2, 0) is 9.53 Å². The third-order valence-corrected chi connectivity index (χ3v) is 3.94. The molecule has 1 saturated carbocycles. The topological polar surface area (TPSA) is 29.5 Å². The van der Waals surface area contributed by atoms with Gasteiger partial charge in [-0.3, -0.25) is 4.79 Å². The fourth-order valence-corrected chi connectivity index (χ4v) is 2.55. The van der Waals surface area contributed by atoms with Gasteiger partial charge >= 0.3 is 0 Å². The summed E-state index contributed by atoms with van der Waals surface area (Å²) in [6.45, 7) is 7.36. The smallest absolute Gasteiger partial charge is 0.249 e. The maximum absolute atomic E-state index is 12.2. The summed E-state index contributed by atoms with van der Waals surface area (Å²) in [5.74, 6) is 0.803. The van der Waals surface area contributed by atoms with Gasteiger partial charge in [-0.05, 0) is 39.5 Å². The molecule has 1 aliphatic heterocycles. The van der Waals surface area contributed by atoms with Crippen molar-refractivity contribution in [2.75, 3.05) is 26.3 Å². The maximum Gasteiger partial charge on any atom is 0.249 e. The lowest BCUT2D eigenvalue weighted by Gasteiger charge is -2.23. The summed E-state index contributed by atoms with van der Waals surface area (Å²) in [6, 6.07) is 0. The standard InChI is InChI=1S/C14H23NO2/c1-3-17-10-12-7-8-15(9-12)14(16)11(2)13-5-4-6-13/h12H,3-10H2,1-2H3. The fourth-order valence-electron chi connectivity index (χ4n) is 2.55. The van der Waals surface area contributed by atoms with E-state index in [4.69, 9.17) is 4.74 Å². The number of rotatable bonds is 4.